The predicted molar refractivity (Wildman–Crippen MR) is 148 cm³/mol. The Hall–Kier alpha value is -3.52. The van der Waals surface area contributed by atoms with Crippen LogP contribution < -0.4 is 14.2 Å². The summed E-state index contributed by atoms with van der Waals surface area (Å²) in [5.74, 6) is 0.164. The van der Waals surface area contributed by atoms with Crippen LogP contribution in [0.4, 0.5) is 0 Å². The Labute approximate surface area is 230 Å². The molecule has 2 atom stereocenters. The molecule has 2 aromatic carbocycles. The number of aliphatic hydroxyl groups excluding tert-OH is 1. The summed E-state index contributed by atoms with van der Waals surface area (Å²) in [5.41, 5.74) is 1.12. The molecule has 8 nitrogen and oxygen atoms in total. The number of nitrogens with zero attached hydrogens (tertiary/aromatic N) is 1. The fourth-order valence-corrected chi connectivity index (χ4v) is 5.01. The SMILES string of the molecule is CCCCCOc1ccc(C2/C(=C(\O)c3ccc(OCCC)cc3)C(=O)C(=O)N2CC2CCCO2)cc1OC. The van der Waals surface area contributed by atoms with E-state index in [9.17, 15) is 14.7 Å². The van der Waals surface area contributed by atoms with E-state index in [1.807, 2.05) is 13.0 Å². The lowest BCUT2D eigenvalue weighted by Gasteiger charge is -2.28. The topological polar surface area (TPSA) is 94.5 Å². The highest BCUT2D eigenvalue weighted by Crippen LogP contribution is 2.42. The van der Waals surface area contributed by atoms with E-state index in [1.54, 1.807) is 43.5 Å². The minimum Gasteiger partial charge on any atom is -0.507 e. The molecule has 1 N–H and O–H groups in total. The van der Waals surface area contributed by atoms with Gasteiger partial charge in [-0.1, -0.05) is 32.8 Å². The Morgan fingerprint density at radius 1 is 1.00 bits per heavy atom. The van der Waals surface area contributed by atoms with Crippen molar-refractivity contribution in [1.29, 1.82) is 0 Å². The maximum absolute atomic E-state index is 13.4. The third kappa shape index (κ3) is 6.56. The number of unbranched alkanes of at least 4 members (excludes halogenated alkanes) is 2. The number of carbonyl (C=O) groups excluding carboxylic acids is 2. The number of ether oxygens (including phenoxy) is 4. The zero-order valence-electron chi connectivity index (χ0n) is 23.1. The van der Waals surface area contributed by atoms with Gasteiger partial charge in [-0.3, -0.25) is 9.59 Å². The molecule has 2 unspecified atom stereocenters. The van der Waals surface area contributed by atoms with Crippen molar-refractivity contribution in [2.24, 2.45) is 0 Å². The second kappa shape index (κ2) is 13.5. The standard InChI is InChI=1S/C31H39NO7/c1-4-6-7-17-39-25-15-12-22(19-26(25)36-3)28-27(29(33)21-10-13-23(14-11-21)37-16-5-2)30(34)31(35)32(28)20-24-9-8-18-38-24/h10-15,19,24,28,33H,4-9,16-18,20H2,1-3H3/b29-27+. The van der Waals surface area contributed by atoms with Crippen LogP contribution in [-0.2, 0) is 14.3 Å². The van der Waals surface area contributed by atoms with E-state index in [4.69, 9.17) is 18.9 Å². The summed E-state index contributed by atoms with van der Waals surface area (Å²) in [5, 5.41) is 11.4. The highest BCUT2D eigenvalue weighted by Gasteiger charge is 2.47. The molecule has 4 rings (SSSR count). The van der Waals surface area contributed by atoms with Crippen molar-refractivity contribution in [3.63, 3.8) is 0 Å². The lowest BCUT2D eigenvalue weighted by atomic mass is 9.94. The Morgan fingerprint density at radius 3 is 2.46 bits per heavy atom. The Bertz CT molecular complexity index is 1170. The fourth-order valence-electron chi connectivity index (χ4n) is 5.01. The molecule has 0 saturated carbocycles. The van der Waals surface area contributed by atoms with Gasteiger partial charge in [0, 0.05) is 18.7 Å². The lowest BCUT2D eigenvalue weighted by molar-refractivity contribution is -0.140. The minimum atomic E-state index is -0.798. The first-order chi connectivity index (χ1) is 19.0. The van der Waals surface area contributed by atoms with E-state index in [0.29, 0.717) is 48.2 Å². The van der Waals surface area contributed by atoms with Crippen molar-refractivity contribution in [1.82, 2.24) is 4.90 Å². The monoisotopic (exact) mass is 537 g/mol. The summed E-state index contributed by atoms with van der Waals surface area (Å²) in [6.07, 6.45) is 5.53. The van der Waals surface area contributed by atoms with Crippen LogP contribution >= 0.6 is 0 Å². The Morgan fingerprint density at radius 2 is 1.79 bits per heavy atom. The number of ketones is 1. The van der Waals surface area contributed by atoms with Crippen molar-refractivity contribution in [2.45, 2.75) is 64.5 Å². The fraction of sp³-hybridized carbons (Fsp3) is 0.484. The van der Waals surface area contributed by atoms with Gasteiger partial charge in [-0.05, 0) is 67.6 Å². The van der Waals surface area contributed by atoms with E-state index in [-0.39, 0.29) is 24.0 Å². The van der Waals surface area contributed by atoms with E-state index >= 15 is 0 Å². The third-order valence-electron chi connectivity index (χ3n) is 7.07. The van der Waals surface area contributed by atoms with Crippen molar-refractivity contribution < 1.29 is 33.6 Å². The van der Waals surface area contributed by atoms with Gasteiger partial charge in [0.05, 0.1) is 38.0 Å². The van der Waals surface area contributed by atoms with Crippen LogP contribution in [0, 0.1) is 0 Å². The number of amides is 1. The zero-order valence-corrected chi connectivity index (χ0v) is 23.1. The molecule has 2 aliphatic rings. The van der Waals surface area contributed by atoms with Crippen LogP contribution in [0.15, 0.2) is 48.0 Å². The second-order valence-corrected chi connectivity index (χ2v) is 9.93. The van der Waals surface area contributed by atoms with Gasteiger partial charge in [0.15, 0.2) is 11.5 Å². The summed E-state index contributed by atoms with van der Waals surface area (Å²) < 4.78 is 23.0. The third-order valence-corrected chi connectivity index (χ3v) is 7.07. The summed E-state index contributed by atoms with van der Waals surface area (Å²) in [4.78, 5) is 28.2. The summed E-state index contributed by atoms with van der Waals surface area (Å²) in [6.45, 7) is 6.20. The summed E-state index contributed by atoms with van der Waals surface area (Å²) in [7, 11) is 1.56. The molecule has 0 radical (unpaired) electrons. The van der Waals surface area contributed by atoms with Crippen LogP contribution in [0.3, 0.4) is 0 Å². The molecular formula is C31H39NO7. The maximum atomic E-state index is 13.4. The van der Waals surface area contributed by atoms with E-state index in [1.165, 1.54) is 4.90 Å². The number of rotatable bonds is 13. The highest BCUT2D eigenvalue weighted by atomic mass is 16.5. The van der Waals surface area contributed by atoms with Crippen molar-refractivity contribution in [3.05, 3.63) is 59.2 Å². The van der Waals surface area contributed by atoms with E-state index in [2.05, 4.69) is 6.92 Å². The molecule has 39 heavy (non-hydrogen) atoms. The molecule has 2 heterocycles. The first kappa shape index (κ1) is 28.5. The van der Waals surface area contributed by atoms with Crippen LogP contribution in [0.1, 0.15) is 69.5 Å². The summed E-state index contributed by atoms with van der Waals surface area (Å²) in [6, 6.07) is 11.5. The van der Waals surface area contributed by atoms with Crippen LogP contribution in [0.25, 0.3) is 5.76 Å². The number of likely N-dealkylation sites (tertiary alicyclic amines) is 1. The average Bonchev–Trinajstić information content (AvgIpc) is 3.56. The number of methoxy groups -OCH3 is 1. The number of hydrogen-bond acceptors (Lipinski definition) is 7. The molecule has 0 spiro atoms. The normalized spacial score (nSPS) is 20.4. The number of benzene rings is 2. The summed E-state index contributed by atoms with van der Waals surface area (Å²) >= 11 is 0. The Kier molecular flexibility index (Phi) is 9.87. The first-order valence-corrected chi connectivity index (χ1v) is 13.9. The van der Waals surface area contributed by atoms with Crippen LogP contribution in [-0.4, -0.2) is 61.3 Å². The predicted octanol–water partition coefficient (Wildman–Crippen LogP) is 5.65. The molecule has 2 aromatic rings. The average molecular weight is 538 g/mol. The molecular weight excluding hydrogens is 498 g/mol. The van der Waals surface area contributed by atoms with Crippen molar-refractivity contribution in [3.8, 4) is 17.2 Å². The zero-order chi connectivity index (χ0) is 27.8. The maximum Gasteiger partial charge on any atom is 0.295 e. The quantitative estimate of drug-likeness (QED) is 0.153. The number of aliphatic hydroxyl groups is 1. The van der Waals surface area contributed by atoms with Gasteiger partial charge >= 0.3 is 0 Å². The van der Waals surface area contributed by atoms with Crippen LogP contribution in [0.5, 0.6) is 17.2 Å². The second-order valence-electron chi connectivity index (χ2n) is 9.93. The highest BCUT2D eigenvalue weighted by molar-refractivity contribution is 6.46. The minimum absolute atomic E-state index is 0.0406. The molecule has 0 aliphatic carbocycles. The molecule has 2 aliphatic heterocycles. The van der Waals surface area contributed by atoms with Crippen molar-refractivity contribution in [2.75, 3.05) is 33.5 Å². The first-order valence-electron chi connectivity index (χ1n) is 13.9. The molecule has 1 amide bonds. The molecule has 0 bridgehead atoms. The van der Waals surface area contributed by atoms with E-state index in [0.717, 1.165) is 38.5 Å². The number of Topliss-reactive ketones (excluding diaryl/α,β-unsaturated/α-hetero) is 1. The van der Waals surface area contributed by atoms with Gasteiger partial charge in [-0.15, -0.1) is 0 Å². The van der Waals surface area contributed by atoms with Gasteiger partial charge in [0.2, 0.25) is 0 Å². The lowest BCUT2D eigenvalue weighted by Crippen LogP contribution is -2.36. The van der Waals surface area contributed by atoms with Gasteiger partial charge < -0.3 is 29.0 Å². The molecule has 0 aromatic heterocycles. The molecule has 2 saturated heterocycles. The van der Waals surface area contributed by atoms with E-state index < -0.39 is 17.7 Å². The van der Waals surface area contributed by atoms with Gasteiger partial charge in [0.1, 0.15) is 11.5 Å². The van der Waals surface area contributed by atoms with Gasteiger partial charge in [-0.25, -0.2) is 0 Å². The van der Waals surface area contributed by atoms with Gasteiger partial charge in [-0.2, -0.15) is 0 Å². The van der Waals surface area contributed by atoms with Crippen LogP contribution in [0.2, 0.25) is 0 Å². The van der Waals surface area contributed by atoms with Crippen molar-refractivity contribution >= 4 is 17.4 Å². The Balaban J connectivity index is 1.72. The molecule has 210 valence electrons. The molecule has 8 heteroatoms. The number of carbonyl (C=O) groups is 2. The smallest absolute Gasteiger partial charge is 0.295 e. The number of hydrogen-bond donors (Lipinski definition) is 1. The largest absolute Gasteiger partial charge is 0.507 e. The molecule has 2 fully saturated rings. The van der Waals surface area contributed by atoms with Gasteiger partial charge in [0.25, 0.3) is 11.7 Å².